The Morgan fingerprint density at radius 3 is 2.70 bits per heavy atom. The average molecular weight is 276 g/mol. The second kappa shape index (κ2) is 6.04. The minimum atomic E-state index is 0.0816. The first-order valence-electron chi connectivity index (χ1n) is 7.60. The molecular formula is C17H28N2O. The second-order valence-electron chi connectivity index (χ2n) is 6.39. The summed E-state index contributed by atoms with van der Waals surface area (Å²) in [5.74, 6) is 2.42. The number of nitrogens with two attached hydrogens (primary N) is 1. The Morgan fingerprint density at radius 2 is 2.10 bits per heavy atom. The summed E-state index contributed by atoms with van der Waals surface area (Å²) in [6.45, 7) is 5.42. The van der Waals surface area contributed by atoms with E-state index in [0.29, 0.717) is 6.54 Å². The lowest BCUT2D eigenvalue weighted by atomic mass is 9.70. The third kappa shape index (κ3) is 2.78. The summed E-state index contributed by atoms with van der Waals surface area (Å²) in [5, 5.41) is 0. The van der Waals surface area contributed by atoms with Gasteiger partial charge >= 0.3 is 0 Å². The fourth-order valence-corrected chi connectivity index (χ4v) is 3.40. The minimum Gasteiger partial charge on any atom is -0.497 e. The zero-order chi connectivity index (χ0) is 14.8. The fourth-order valence-electron chi connectivity index (χ4n) is 3.40. The summed E-state index contributed by atoms with van der Waals surface area (Å²) >= 11 is 0. The number of ether oxygens (including phenoxy) is 1. The van der Waals surface area contributed by atoms with Crippen molar-refractivity contribution in [2.45, 2.75) is 38.6 Å². The van der Waals surface area contributed by atoms with E-state index >= 15 is 0 Å². The SMILES string of the molecule is COc1cccc(N(C)C2(CN)CCC(C)C(C)C2)c1. The van der Waals surface area contributed by atoms with Crippen molar-refractivity contribution >= 4 is 5.69 Å². The van der Waals surface area contributed by atoms with Crippen LogP contribution in [-0.2, 0) is 0 Å². The van der Waals surface area contributed by atoms with Crippen LogP contribution >= 0.6 is 0 Å². The Kier molecular flexibility index (Phi) is 4.59. The van der Waals surface area contributed by atoms with Crippen LogP contribution in [0.15, 0.2) is 24.3 Å². The Hall–Kier alpha value is -1.22. The number of anilines is 1. The number of nitrogens with zero attached hydrogens (tertiary/aromatic N) is 1. The number of rotatable bonds is 4. The van der Waals surface area contributed by atoms with Crippen molar-refractivity contribution in [3.63, 3.8) is 0 Å². The molecule has 3 heteroatoms. The molecule has 1 aromatic carbocycles. The van der Waals surface area contributed by atoms with E-state index < -0.39 is 0 Å². The lowest BCUT2D eigenvalue weighted by molar-refractivity contribution is 0.176. The molecule has 1 aliphatic rings. The number of hydrogen-bond acceptors (Lipinski definition) is 3. The molecule has 0 heterocycles. The molecule has 3 unspecified atom stereocenters. The molecule has 1 aromatic rings. The molecule has 1 fully saturated rings. The smallest absolute Gasteiger partial charge is 0.120 e. The molecule has 0 bridgehead atoms. The monoisotopic (exact) mass is 276 g/mol. The number of hydrogen-bond donors (Lipinski definition) is 1. The zero-order valence-corrected chi connectivity index (χ0v) is 13.2. The van der Waals surface area contributed by atoms with Crippen LogP contribution in [-0.4, -0.2) is 26.2 Å². The van der Waals surface area contributed by atoms with Crippen LogP contribution in [0.25, 0.3) is 0 Å². The lowest BCUT2D eigenvalue weighted by Gasteiger charge is -2.49. The van der Waals surface area contributed by atoms with Gasteiger partial charge in [-0.3, -0.25) is 0 Å². The largest absolute Gasteiger partial charge is 0.497 e. The maximum Gasteiger partial charge on any atom is 0.120 e. The Morgan fingerprint density at radius 1 is 1.35 bits per heavy atom. The number of likely N-dealkylation sites (N-methyl/N-ethyl adjacent to an activating group) is 1. The summed E-state index contributed by atoms with van der Waals surface area (Å²) in [6.07, 6.45) is 3.59. The van der Waals surface area contributed by atoms with Gasteiger partial charge in [0.1, 0.15) is 5.75 Å². The Bertz CT molecular complexity index is 448. The van der Waals surface area contributed by atoms with Gasteiger partial charge in [-0.15, -0.1) is 0 Å². The van der Waals surface area contributed by atoms with Gasteiger partial charge in [-0.05, 0) is 43.2 Å². The van der Waals surface area contributed by atoms with Crippen molar-refractivity contribution in [1.29, 1.82) is 0 Å². The van der Waals surface area contributed by atoms with Gasteiger partial charge in [0.05, 0.1) is 12.6 Å². The van der Waals surface area contributed by atoms with Gasteiger partial charge in [0.25, 0.3) is 0 Å². The predicted octanol–water partition coefficient (Wildman–Crippen LogP) is 3.29. The zero-order valence-electron chi connectivity index (χ0n) is 13.2. The maximum atomic E-state index is 6.18. The molecule has 2 N–H and O–H groups in total. The first-order valence-corrected chi connectivity index (χ1v) is 7.60. The molecule has 0 radical (unpaired) electrons. The topological polar surface area (TPSA) is 38.5 Å². The minimum absolute atomic E-state index is 0.0816. The standard InChI is InChI=1S/C17H28N2O/c1-13-8-9-17(12-18,11-14(13)2)19(3)15-6-5-7-16(10-15)20-4/h5-7,10,13-14H,8-9,11-12,18H2,1-4H3. The quantitative estimate of drug-likeness (QED) is 0.917. The van der Waals surface area contributed by atoms with Gasteiger partial charge in [0, 0.05) is 25.3 Å². The van der Waals surface area contributed by atoms with E-state index in [0.717, 1.165) is 17.6 Å². The second-order valence-corrected chi connectivity index (χ2v) is 6.39. The van der Waals surface area contributed by atoms with Crippen molar-refractivity contribution < 1.29 is 4.74 Å². The van der Waals surface area contributed by atoms with E-state index in [1.165, 1.54) is 24.9 Å². The summed E-state index contributed by atoms with van der Waals surface area (Å²) in [7, 11) is 3.88. The molecule has 1 saturated carbocycles. The molecular weight excluding hydrogens is 248 g/mol. The van der Waals surface area contributed by atoms with Crippen molar-refractivity contribution in [2.75, 3.05) is 25.6 Å². The van der Waals surface area contributed by atoms with E-state index in [2.05, 4.69) is 37.9 Å². The first kappa shape index (κ1) is 15.2. The van der Waals surface area contributed by atoms with E-state index in [-0.39, 0.29) is 5.54 Å². The summed E-state index contributed by atoms with van der Waals surface area (Å²) in [4.78, 5) is 2.37. The van der Waals surface area contributed by atoms with Crippen LogP contribution in [0.2, 0.25) is 0 Å². The molecule has 1 aliphatic carbocycles. The number of benzene rings is 1. The molecule has 0 aliphatic heterocycles. The van der Waals surface area contributed by atoms with Gasteiger partial charge in [0.2, 0.25) is 0 Å². The molecule has 0 aromatic heterocycles. The average Bonchev–Trinajstić information content (AvgIpc) is 2.49. The van der Waals surface area contributed by atoms with Crippen LogP contribution in [0.1, 0.15) is 33.1 Å². The molecule has 3 nitrogen and oxygen atoms in total. The van der Waals surface area contributed by atoms with Gasteiger partial charge < -0.3 is 15.4 Å². The van der Waals surface area contributed by atoms with E-state index in [4.69, 9.17) is 10.5 Å². The van der Waals surface area contributed by atoms with Crippen LogP contribution < -0.4 is 15.4 Å². The van der Waals surface area contributed by atoms with E-state index in [1.807, 2.05) is 12.1 Å². The van der Waals surface area contributed by atoms with Gasteiger partial charge in [-0.25, -0.2) is 0 Å². The van der Waals surface area contributed by atoms with Crippen molar-refractivity contribution in [3.8, 4) is 5.75 Å². The maximum absolute atomic E-state index is 6.18. The van der Waals surface area contributed by atoms with Gasteiger partial charge in [0.15, 0.2) is 0 Å². The summed E-state index contributed by atoms with van der Waals surface area (Å²) in [6, 6.07) is 8.27. The first-order chi connectivity index (χ1) is 9.52. The van der Waals surface area contributed by atoms with Crippen LogP contribution in [0.4, 0.5) is 5.69 Å². The molecule has 2 rings (SSSR count). The number of methoxy groups -OCH3 is 1. The van der Waals surface area contributed by atoms with Crippen LogP contribution in [0, 0.1) is 11.8 Å². The molecule has 112 valence electrons. The van der Waals surface area contributed by atoms with Gasteiger partial charge in [-0.1, -0.05) is 19.9 Å². The highest BCUT2D eigenvalue weighted by Gasteiger charge is 2.40. The normalized spacial score (nSPS) is 30.1. The molecule has 20 heavy (non-hydrogen) atoms. The predicted molar refractivity (Wildman–Crippen MR) is 85.4 cm³/mol. The highest BCUT2D eigenvalue weighted by molar-refractivity contribution is 5.52. The van der Waals surface area contributed by atoms with Crippen LogP contribution in [0.3, 0.4) is 0 Å². The fraction of sp³-hybridized carbons (Fsp3) is 0.647. The molecule has 0 amide bonds. The van der Waals surface area contributed by atoms with Crippen molar-refractivity contribution in [3.05, 3.63) is 24.3 Å². The van der Waals surface area contributed by atoms with Crippen LogP contribution in [0.5, 0.6) is 5.75 Å². The highest BCUT2D eigenvalue weighted by atomic mass is 16.5. The summed E-state index contributed by atoms with van der Waals surface area (Å²) in [5.41, 5.74) is 7.45. The molecule has 0 spiro atoms. The third-order valence-electron chi connectivity index (χ3n) is 5.27. The Balaban J connectivity index is 2.26. The van der Waals surface area contributed by atoms with Crippen molar-refractivity contribution in [2.24, 2.45) is 17.6 Å². The highest BCUT2D eigenvalue weighted by Crippen LogP contribution is 2.41. The van der Waals surface area contributed by atoms with Crippen molar-refractivity contribution in [1.82, 2.24) is 0 Å². The molecule has 0 saturated heterocycles. The van der Waals surface area contributed by atoms with E-state index in [9.17, 15) is 0 Å². The lowest BCUT2D eigenvalue weighted by Crippen LogP contribution is -2.56. The third-order valence-corrected chi connectivity index (χ3v) is 5.27. The molecule has 3 atom stereocenters. The summed E-state index contributed by atoms with van der Waals surface area (Å²) < 4.78 is 5.34. The van der Waals surface area contributed by atoms with E-state index in [1.54, 1.807) is 7.11 Å². The Labute approximate surface area is 123 Å². The van der Waals surface area contributed by atoms with Gasteiger partial charge in [-0.2, -0.15) is 0 Å².